The Kier molecular flexibility index (Phi) is 5.60. The van der Waals surface area contributed by atoms with Gasteiger partial charge >= 0.3 is 0 Å². The van der Waals surface area contributed by atoms with Crippen LogP contribution in [0.25, 0.3) is 0 Å². The zero-order chi connectivity index (χ0) is 12.1. The van der Waals surface area contributed by atoms with Gasteiger partial charge in [-0.3, -0.25) is 0 Å². The fourth-order valence-corrected chi connectivity index (χ4v) is 4.42. The Hall–Kier alpha value is 0.230. The van der Waals surface area contributed by atoms with E-state index in [0.717, 1.165) is 18.2 Å². The van der Waals surface area contributed by atoms with Gasteiger partial charge in [0.2, 0.25) is 0 Å². The maximum atomic E-state index is 5.74. The number of nitrogens with zero attached hydrogens (tertiary/aromatic N) is 2. The fourth-order valence-electron chi connectivity index (χ4n) is 2.06. The van der Waals surface area contributed by atoms with Crippen molar-refractivity contribution in [3.05, 3.63) is 16.1 Å². The Bertz CT molecular complexity index is 337. The molecule has 0 saturated carbocycles. The highest BCUT2D eigenvalue weighted by molar-refractivity contribution is 7.99. The average molecular weight is 291 g/mol. The number of rotatable bonds is 6. The highest BCUT2D eigenvalue weighted by atomic mass is 35.5. The molecule has 0 spiro atoms. The first-order chi connectivity index (χ1) is 8.29. The maximum Gasteiger partial charge on any atom is 0.0929 e. The van der Waals surface area contributed by atoms with Gasteiger partial charge in [-0.25, -0.2) is 4.98 Å². The number of thioether (sulfide) groups is 1. The van der Waals surface area contributed by atoms with E-state index in [1.54, 1.807) is 11.3 Å². The number of alkyl halides is 1. The van der Waals surface area contributed by atoms with Gasteiger partial charge in [0.05, 0.1) is 16.6 Å². The third-order valence-corrected chi connectivity index (χ3v) is 5.54. The first-order valence-electron chi connectivity index (χ1n) is 6.07. The summed E-state index contributed by atoms with van der Waals surface area (Å²) in [7, 11) is 2.25. The molecular formula is C12H19ClN2S2. The van der Waals surface area contributed by atoms with Crippen molar-refractivity contribution in [1.29, 1.82) is 0 Å². The molecule has 0 N–H and O–H groups in total. The van der Waals surface area contributed by atoms with Crippen LogP contribution in [0.4, 0.5) is 0 Å². The number of hydrogen-bond acceptors (Lipinski definition) is 4. The number of aromatic nitrogens is 1. The van der Waals surface area contributed by atoms with Gasteiger partial charge < -0.3 is 4.90 Å². The predicted octanol–water partition coefficient (Wildman–Crippen LogP) is 3.25. The molecule has 0 bridgehead atoms. The van der Waals surface area contributed by atoms with Gasteiger partial charge in [0.25, 0.3) is 0 Å². The van der Waals surface area contributed by atoms with Crippen LogP contribution in [0, 0.1) is 0 Å². The normalized spacial score (nSPS) is 20.3. The van der Waals surface area contributed by atoms with Crippen LogP contribution in [0.3, 0.4) is 0 Å². The molecular weight excluding hydrogens is 272 g/mol. The summed E-state index contributed by atoms with van der Waals surface area (Å²) in [5.74, 6) is 3.18. The third-order valence-electron chi connectivity index (χ3n) is 3.17. The number of hydrogen-bond donors (Lipinski definition) is 0. The second-order valence-corrected chi connectivity index (χ2v) is 6.83. The number of halogens is 1. The first-order valence-corrected chi connectivity index (χ1v) is 8.63. The van der Waals surface area contributed by atoms with E-state index in [1.807, 2.05) is 0 Å². The summed E-state index contributed by atoms with van der Waals surface area (Å²) >= 11 is 9.56. The Morgan fingerprint density at radius 2 is 2.47 bits per heavy atom. The minimum Gasteiger partial charge on any atom is -0.303 e. The molecule has 1 fully saturated rings. The van der Waals surface area contributed by atoms with Crippen molar-refractivity contribution < 1.29 is 0 Å². The van der Waals surface area contributed by atoms with Crippen LogP contribution in [0.1, 0.15) is 23.5 Å². The molecule has 0 aliphatic carbocycles. The van der Waals surface area contributed by atoms with Crippen LogP contribution in [0.15, 0.2) is 5.38 Å². The molecule has 1 atom stereocenters. The lowest BCUT2D eigenvalue weighted by molar-refractivity contribution is 0.259. The second kappa shape index (κ2) is 6.98. The quantitative estimate of drug-likeness (QED) is 0.748. The van der Waals surface area contributed by atoms with Gasteiger partial charge in [-0.05, 0) is 32.2 Å². The Balaban J connectivity index is 1.68. The molecule has 2 heterocycles. The SMILES string of the molecule is CN(CCCc1nc(CCl)cs1)C1CCSC1. The molecule has 1 unspecified atom stereocenters. The minimum absolute atomic E-state index is 0.537. The zero-order valence-corrected chi connectivity index (χ0v) is 12.6. The molecule has 0 amide bonds. The fraction of sp³-hybridized carbons (Fsp3) is 0.750. The summed E-state index contributed by atoms with van der Waals surface area (Å²) in [4.78, 5) is 7.00. The lowest BCUT2D eigenvalue weighted by Gasteiger charge is -2.22. The molecule has 5 heteroatoms. The summed E-state index contributed by atoms with van der Waals surface area (Å²) in [5.41, 5.74) is 1.02. The van der Waals surface area contributed by atoms with E-state index in [1.165, 1.54) is 35.9 Å². The molecule has 2 nitrogen and oxygen atoms in total. The highest BCUT2D eigenvalue weighted by Crippen LogP contribution is 2.21. The smallest absolute Gasteiger partial charge is 0.0929 e. The van der Waals surface area contributed by atoms with E-state index in [2.05, 4.69) is 34.1 Å². The van der Waals surface area contributed by atoms with Crippen molar-refractivity contribution in [2.24, 2.45) is 0 Å². The van der Waals surface area contributed by atoms with Crippen LogP contribution >= 0.6 is 34.7 Å². The average Bonchev–Trinajstić information content (AvgIpc) is 3.00. The standard InChI is InChI=1S/C12H19ClN2S2/c1-15(11-4-6-16-9-11)5-2-3-12-14-10(7-13)8-17-12/h8,11H,2-7,9H2,1H3. The van der Waals surface area contributed by atoms with Crippen molar-refractivity contribution in [3.63, 3.8) is 0 Å². The second-order valence-electron chi connectivity index (χ2n) is 4.47. The van der Waals surface area contributed by atoms with Gasteiger partial charge in [-0.15, -0.1) is 22.9 Å². The van der Waals surface area contributed by atoms with Crippen molar-refractivity contribution in [1.82, 2.24) is 9.88 Å². The van der Waals surface area contributed by atoms with E-state index < -0.39 is 0 Å². The molecule has 96 valence electrons. The topological polar surface area (TPSA) is 16.1 Å². The van der Waals surface area contributed by atoms with Crippen LogP contribution in [-0.4, -0.2) is 41.0 Å². The van der Waals surface area contributed by atoms with Gasteiger partial charge in [-0.2, -0.15) is 11.8 Å². The Morgan fingerprint density at radius 3 is 3.12 bits per heavy atom. The number of aryl methyl sites for hydroxylation is 1. The molecule has 1 aliphatic rings. The summed E-state index contributed by atoms with van der Waals surface area (Å²) in [6, 6.07) is 0.801. The van der Waals surface area contributed by atoms with E-state index in [9.17, 15) is 0 Å². The van der Waals surface area contributed by atoms with Crippen molar-refractivity contribution in [2.45, 2.75) is 31.2 Å². The first kappa shape index (κ1) is 13.7. The van der Waals surface area contributed by atoms with Crippen molar-refractivity contribution in [3.8, 4) is 0 Å². The zero-order valence-electron chi connectivity index (χ0n) is 10.2. The monoisotopic (exact) mass is 290 g/mol. The molecule has 1 saturated heterocycles. The van der Waals surface area contributed by atoms with Gasteiger partial charge in [0.15, 0.2) is 0 Å². The lowest BCUT2D eigenvalue weighted by Crippen LogP contribution is -2.32. The van der Waals surface area contributed by atoms with Crippen molar-refractivity contribution >= 4 is 34.7 Å². The Labute approximate surface area is 117 Å². The van der Waals surface area contributed by atoms with Gasteiger partial charge in [0, 0.05) is 23.6 Å². The largest absolute Gasteiger partial charge is 0.303 e. The molecule has 17 heavy (non-hydrogen) atoms. The summed E-state index contributed by atoms with van der Waals surface area (Å²) in [6.45, 7) is 1.18. The van der Waals surface area contributed by atoms with Crippen LogP contribution < -0.4 is 0 Å². The van der Waals surface area contributed by atoms with E-state index >= 15 is 0 Å². The van der Waals surface area contributed by atoms with E-state index in [0.29, 0.717) is 5.88 Å². The molecule has 2 rings (SSSR count). The number of thiazole rings is 1. The van der Waals surface area contributed by atoms with Crippen LogP contribution in [0.2, 0.25) is 0 Å². The summed E-state index contributed by atoms with van der Waals surface area (Å²) in [5, 5.41) is 3.30. The summed E-state index contributed by atoms with van der Waals surface area (Å²) < 4.78 is 0. The highest BCUT2D eigenvalue weighted by Gasteiger charge is 2.19. The summed E-state index contributed by atoms with van der Waals surface area (Å²) in [6.07, 6.45) is 3.65. The molecule has 1 aliphatic heterocycles. The predicted molar refractivity (Wildman–Crippen MR) is 78.4 cm³/mol. The minimum atomic E-state index is 0.537. The van der Waals surface area contributed by atoms with E-state index in [-0.39, 0.29) is 0 Å². The van der Waals surface area contributed by atoms with Crippen LogP contribution in [-0.2, 0) is 12.3 Å². The van der Waals surface area contributed by atoms with Gasteiger partial charge in [-0.1, -0.05) is 0 Å². The van der Waals surface area contributed by atoms with Gasteiger partial charge in [0.1, 0.15) is 0 Å². The lowest BCUT2D eigenvalue weighted by atomic mass is 10.2. The van der Waals surface area contributed by atoms with Crippen LogP contribution in [0.5, 0.6) is 0 Å². The van der Waals surface area contributed by atoms with Crippen molar-refractivity contribution in [2.75, 3.05) is 25.1 Å². The Morgan fingerprint density at radius 1 is 1.59 bits per heavy atom. The van der Waals surface area contributed by atoms with E-state index in [4.69, 9.17) is 11.6 Å². The molecule has 0 radical (unpaired) electrons. The molecule has 0 aromatic carbocycles. The maximum absolute atomic E-state index is 5.74. The molecule has 1 aromatic heterocycles. The molecule has 1 aromatic rings. The third kappa shape index (κ3) is 4.12.